The van der Waals surface area contributed by atoms with Crippen molar-refractivity contribution >= 4 is 6.09 Å². The van der Waals surface area contributed by atoms with E-state index in [1.54, 1.807) is 32.9 Å². The lowest BCUT2D eigenvalue weighted by atomic mass is 10.1. The third-order valence-corrected chi connectivity index (χ3v) is 2.95. The molecular weight excluding hydrogens is 297 g/mol. The van der Waals surface area contributed by atoms with Crippen molar-refractivity contribution in [3.8, 4) is 0 Å². The average Bonchev–Trinajstić information content (AvgIpc) is 2.85. The van der Waals surface area contributed by atoms with Gasteiger partial charge in [0.05, 0.1) is 11.7 Å². The minimum atomic E-state index is -4.52. The van der Waals surface area contributed by atoms with Gasteiger partial charge in [-0.2, -0.15) is 13.2 Å². The van der Waals surface area contributed by atoms with Gasteiger partial charge in [0.1, 0.15) is 11.3 Å². The number of ether oxygens (including phenoxy) is 1. The lowest BCUT2D eigenvalue weighted by molar-refractivity contribution is -0.141. The minimum absolute atomic E-state index is 0.162. The number of carbonyl (C=O) groups excluding carboxylic acids is 1. The summed E-state index contributed by atoms with van der Waals surface area (Å²) in [5.74, 6) is 0. The molecule has 0 saturated carbocycles. The molecule has 0 fully saturated rings. The Morgan fingerprint density at radius 1 is 1.32 bits per heavy atom. The predicted molar refractivity (Wildman–Crippen MR) is 74.1 cm³/mol. The summed E-state index contributed by atoms with van der Waals surface area (Å²) < 4.78 is 43.5. The van der Waals surface area contributed by atoms with Gasteiger partial charge in [0, 0.05) is 6.54 Å². The van der Waals surface area contributed by atoms with Crippen molar-refractivity contribution in [2.45, 2.75) is 38.6 Å². The third-order valence-electron chi connectivity index (χ3n) is 2.95. The molecule has 22 heavy (non-hydrogen) atoms. The number of alkyl halides is 3. The van der Waals surface area contributed by atoms with E-state index in [2.05, 4.69) is 4.98 Å². The van der Waals surface area contributed by atoms with E-state index in [0.717, 1.165) is 6.07 Å². The molecule has 2 heterocycles. The summed E-state index contributed by atoms with van der Waals surface area (Å²) >= 11 is 0. The summed E-state index contributed by atoms with van der Waals surface area (Å²) in [5.41, 5.74) is -1.49. The van der Waals surface area contributed by atoms with Gasteiger partial charge in [-0.1, -0.05) is 18.2 Å². The van der Waals surface area contributed by atoms with Crippen molar-refractivity contribution in [1.29, 1.82) is 0 Å². The van der Waals surface area contributed by atoms with E-state index < -0.39 is 29.6 Å². The molecule has 4 nitrogen and oxygen atoms in total. The van der Waals surface area contributed by atoms with Crippen LogP contribution >= 0.6 is 0 Å². The first kappa shape index (κ1) is 16.3. The summed E-state index contributed by atoms with van der Waals surface area (Å²) in [6.07, 6.45) is -1.75. The SMILES string of the molecule is CC(C)(C)OC(=O)N1CC=CC1c1cccc(C(F)(F)F)n1. The van der Waals surface area contributed by atoms with Crippen molar-refractivity contribution in [2.75, 3.05) is 6.54 Å². The van der Waals surface area contributed by atoms with Crippen LogP contribution in [0.1, 0.15) is 38.2 Å². The molecule has 1 aliphatic rings. The van der Waals surface area contributed by atoms with Crippen molar-refractivity contribution in [1.82, 2.24) is 9.88 Å². The predicted octanol–water partition coefficient (Wildman–Crippen LogP) is 3.95. The first-order valence-corrected chi connectivity index (χ1v) is 6.78. The maximum atomic E-state index is 12.7. The molecule has 2 rings (SSSR count). The van der Waals surface area contributed by atoms with Gasteiger partial charge < -0.3 is 4.74 Å². The zero-order valence-corrected chi connectivity index (χ0v) is 12.5. The van der Waals surface area contributed by atoms with Gasteiger partial charge in [0.15, 0.2) is 0 Å². The molecule has 0 radical (unpaired) electrons. The van der Waals surface area contributed by atoms with Gasteiger partial charge in [0.2, 0.25) is 0 Å². The van der Waals surface area contributed by atoms with Crippen LogP contribution in [0.4, 0.5) is 18.0 Å². The summed E-state index contributed by atoms with van der Waals surface area (Å²) in [4.78, 5) is 17.1. The van der Waals surface area contributed by atoms with Crippen LogP contribution in [0.5, 0.6) is 0 Å². The number of halogens is 3. The fourth-order valence-electron chi connectivity index (χ4n) is 2.06. The standard InChI is InChI=1S/C15H17F3N2O2/c1-14(2,3)22-13(21)20-9-5-7-11(20)10-6-4-8-12(19-10)15(16,17)18/h4-8,11H,9H2,1-3H3. The smallest absolute Gasteiger partial charge is 0.433 e. The molecule has 1 unspecified atom stereocenters. The van der Waals surface area contributed by atoms with Gasteiger partial charge >= 0.3 is 12.3 Å². The number of hydrogen-bond acceptors (Lipinski definition) is 3. The zero-order chi connectivity index (χ0) is 16.5. The number of hydrogen-bond donors (Lipinski definition) is 0. The number of rotatable bonds is 1. The van der Waals surface area contributed by atoms with Crippen molar-refractivity contribution < 1.29 is 22.7 Å². The van der Waals surface area contributed by atoms with Gasteiger partial charge in [-0.3, -0.25) is 4.90 Å². The highest BCUT2D eigenvalue weighted by atomic mass is 19.4. The Bertz CT molecular complexity index is 591. The molecule has 1 atom stereocenters. The number of amides is 1. The van der Waals surface area contributed by atoms with Crippen LogP contribution < -0.4 is 0 Å². The second-order valence-corrected chi connectivity index (χ2v) is 5.95. The molecule has 0 bridgehead atoms. The summed E-state index contributed by atoms with van der Waals surface area (Å²) in [6, 6.07) is 2.99. The van der Waals surface area contributed by atoms with Crippen LogP contribution in [0.15, 0.2) is 30.4 Å². The molecule has 0 spiro atoms. The van der Waals surface area contributed by atoms with Crippen LogP contribution in [0, 0.1) is 0 Å². The fraction of sp³-hybridized carbons (Fsp3) is 0.467. The Hall–Kier alpha value is -2.05. The van der Waals surface area contributed by atoms with Crippen LogP contribution in [0.2, 0.25) is 0 Å². The normalized spacial score (nSPS) is 18.6. The molecule has 0 saturated heterocycles. The van der Waals surface area contributed by atoms with E-state index in [1.807, 2.05) is 0 Å². The number of pyridine rings is 1. The Labute approximate surface area is 126 Å². The van der Waals surface area contributed by atoms with E-state index >= 15 is 0 Å². The Kier molecular flexibility index (Phi) is 4.17. The average molecular weight is 314 g/mol. The highest BCUT2D eigenvalue weighted by Crippen LogP contribution is 2.31. The Balaban J connectivity index is 2.24. The van der Waals surface area contributed by atoms with E-state index in [1.165, 1.54) is 17.0 Å². The van der Waals surface area contributed by atoms with Crippen molar-refractivity contribution in [3.63, 3.8) is 0 Å². The zero-order valence-electron chi connectivity index (χ0n) is 12.5. The van der Waals surface area contributed by atoms with Gasteiger partial charge in [-0.25, -0.2) is 9.78 Å². The summed E-state index contributed by atoms with van der Waals surface area (Å²) in [6.45, 7) is 5.46. The second kappa shape index (κ2) is 5.62. The first-order chi connectivity index (χ1) is 10.1. The highest BCUT2D eigenvalue weighted by molar-refractivity contribution is 5.70. The van der Waals surface area contributed by atoms with Crippen LogP contribution in [-0.2, 0) is 10.9 Å². The molecule has 120 valence electrons. The van der Waals surface area contributed by atoms with E-state index in [-0.39, 0.29) is 12.2 Å². The number of carbonyl (C=O) groups is 1. The molecule has 1 aromatic heterocycles. The second-order valence-electron chi connectivity index (χ2n) is 5.95. The molecule has 1 aromatic rings. The molecule has 0 N–H and O–H groups in total. The highest BCUT2D eigenvalue weighted by Gasteiger charge is 2.35. The van der Waals surface area contributed by atoms with Crippen molar-refractivity contribution in [3.05, 3.63) is 41.7 Å². The van der Waals surface area contributed by atoms with Gasteiger partial charge in [-0.05, 0) is 32.9 Å². The molecule has 7 heteroatoms. The number of nitrogens with zero attached hydrogens (tertiary/aromatic N) is 2. The molecular formula is C15H17F3N2O2. The van der Waals surface area contributed by atoms with Crippen molar-refractivity contribution in [2.24, 2.45) is 0 Å². The molecule has 1 aliphatic heterocycles. The van der Waals surface area contributed by atoms with Gasteiger partial charge in [0.25, 0.3) is 0 Å². The van der Waals surface area contributed by atoms with E-state index in [0.29, 0.717) is 0 Å². The lowest BCUT2D eigenvalue weighted by Gasteiger charge is -2.28. The summed E-state index contributed by atoms with van der Waals surface area (Å²) in [7, 11) is 0. The molecule has 0 aromatic carbocycles. The fourth-order valence-corrected chi connectivity index (χ4v) is 2.06. The maximum absolute atomic E-state index is 12.7. The Morgan fingerprint density at radius 3 is 2.59 bits per heavy atom. The van der Waals surface area contributed by atoms with Gasteiger partial charge in [-0.15, -0.1) is 0 Å². The van der Waals surface area contributed by atoms with E-state index in [4.69, 9.17) is 4.74 Å². The maximum Gasteiger partial charge on any atom is 0.433 e. The minimum Gasteiger partial charge on any atom is -0.444 e. The van der Waals surface area contributed by atoms with Crippen LogP contribution in [-0.4, -0.2) is 28.1 Å². The number of aromatic nitrogens is 1. The topological polar surface area (TPSA) is 42.4 Å². The lowest BCUT2D eigenvalue weighted by Crippen LogP contribution is -2.37. The van der Waals surface area contributed by atoms with E-state index in [9.17, 15) is 18.0 Å². The molecule has 1 amide bonds. The monoisotopic (exact) mass is 314 g/mol. The third kappa shape index (κ3) is 3.78. The van der Waals surface area contributed by atoms with Crippen LogP contribution in [0.25, 0.3) is 0 Å². The first-order valence-electron chi connectivity index (χ1n) is 6.78. The largest absolute Gasteiger partial charge is 0.444 e. The summed E-state index contributed by atoms with van der Waals surface area (Å²) in [5, 5.41) is 0. The Morgan fingerprint density at radius 2 is 2.00 bits per heavy atom. The van der Waals surface area contributed by atoms with Crippen LogP contribution in [0.3, 0.4) is 0 Å². The molecule has 0 aliphatic carbocycles. The quantitative estimate of drug-likeness (QED) is 0.737.